The third kappa shape index (κ3) is 6.05. The van der Waals surface area contributed by atoms with Crippen LogP contribution in [0.1, 0.15) is 52.8 Å². The van der Waals surface area contributed by atoms with Crippen LogP contribution in [0.3, 0.4) is 0 Å². The number of carbonyl (C=O) groups is 3. The van der Waals surface area contributed by atoms with Crippen LogP contribution in [0, 0.1) is 19.3 Å². The Balaban J connectivity index is 1.35. The average Bonchev–Trinajstić information content (AvgIpc) is 3.42. The highest BCUT2D eigenvalue weighted by Crippen LogP contribution is 2.59. The summed E-state index contributed by atoms with van der Waals surface area (Å²) < 4.78 is 52.8. The topological polar surface area (TPSA) is 129 Å². The monoisotopic (exact) mass is 664 g/mol. The maximum absolute atomic E-state index is 14.2. The normalized spacial score (nSPS) is 20.2. The molecule has 1 saturated carbocycles. The zero-order chi connectivity index (χ0) is 34.5. The Hall–Kier alpha value is -4.69. The van der Waals surface area contributed by atoms with Gasteiger partial charge in [0.15, 0.2) is 5.78 Å². The lowest BCUT2D eigenvalue weighted by Crippen LogP contribution is -2.46. The van der Waals surface area contributed by atoms with Crippen molar-refractivity contribution in [1.29, 1.82) is 0 Å². The lowest BCUT2D eigenvalue weighted by molar-refractivity contribution is -0.141. The van der Waals surface area contributed by atoms with Crippen molar-refractivity contribution in [3.05, 3.63) is 71.1 Å². The molecular weight excluding hydrogens is 629 g/mol. The molecule has 4 heterocycles. The zero-order valence-corrected chi connectivity index (χ0v) is 27.1. The fraction of sp³-hybridized carbons (Fsp3) is 0.412. The number of pyridine rings is 1. The number of rotatable bonds is 10. The first-order valence-corrected chi connectivity index (χ1v) is 15.4. The first kappa shape index (κ1) is 33.2. The van der Waals surface area contributed by atoms with Gasteiger partial charge in [0.2, 0.25) is 11.8 Å². The third-order valence-corrected chi connectivity index (χ3v) is 9.22. The molecule has 6 rings (SSSR count). The number of halogens is 3. The Bertz CT molecular complexity index is 1930. The Labute approximate surface area is 274 Å². The number of aryl methyl sites for hydroxylation is 2. The highest BCUT2D eigenvalue weighted by molar-refractivity contribution is 6.09. The molecule has 1 aliphatic carbocycles. The van der Waals surface area contributed by atoms with E-state index in [-0.39, 0.29) is 43.1 Å². The SMILES string of the molecule is COCc1cc(-c2cnc(C)nc2)cc2c(C(C)=O)cn(CC(=O)N3[C@H](C(=O)Nc4nc(C(F)(F)F)ccc4C)C[C@@]4(COC)C[C@@H]34)c12. The number of methoxy groups -OCH3 is 2. The summed E-state index contributed by atoms with van der Waals surface area (Å²) in [4.78, 5) is 54.5. The molecule has 11 nitrogen and oxygen atoms in total. The minimum atomic E-state index is -4.69. The Morgan fingerprint density at radius 2 is 1.77 bits per heavy atom. The predicted molar refractivity (Wildman–Crippen MR) is 169 cm³/mol. The molecule has 2 aliphatic rings. The maximum Gasteiger partial charge on any atom is 0.433 e. The van der Waals surface area contributed by atoms with E-state index < -0.39 is 29.2 Å². The summed E-state index contributed by atoms with van der Waals surface area (Å²) in [6.45, 7) is 5.08. The van der Waals surface area contributed by atoms with Crippen LogP contribution in [-0.2, 0) is 38.4 Å². The number of ketones is 1. The molecular formula is C34H35F3N6O5. The van der Waals surface area contributed by atoms with E-state index in [1.165, 1.54) is 17.9 Å². The molecule has 1 N–H and O–H groups in total. The van der Waals surface area contributed by atoms with E-state index in [0.29, 0.717) is 40.9 Å². The molecule has 0 unspecified atom stereocenters. The molecule has 3 atom stereocenters. The molecule has 0 bridgehead atoms. The van der Waals surface area contributed by atoms with Gasteiger partial charge in [-0.25, -0.2) is 15.0 Å². The van der Waals surface area contributed by atoms with Crippen molar-refractivity contribution in [2.24, 2.45) is 5.41 Å². The molecule has 0 radical (unpaired) electrons. The van der Waals surface area contributed by atoms with Crippen molar-refractivity contribution >= 4 is 34.3 Å². The van der Waals surface area contributed by atoms with Crippen molar-refractivity contribution in [3.8, 4) is 11.1 Å². The number of amides is 2. The number of anilines is 1. The highest BCUT2D eigenvalue weighted by atomic mass is 19.4. The van der Waals surface area contributed by atoms with Crippen LogP contribution in [0.15, 0.2) is 42.9 Å². The van der Waals surface area contributed by atoms with Gasteiger partial charge in [0.25, 0.3) is 0 Å². The standard InChI is InChI=1S/C34H35F3N6O5/c1-18-6-7-27(34(35,36)37)40-31(18)41-32(46)26-10-33(17-48-5)11-28(33)43(26)29(45)15-42-14-25(19(2)44)24-9-21(8-22(16-47-4)30(24)42)23-12-38-20(3)39-13-23/h6-9,12-14,26,28H,10-11,15-17H2,1-5H3,(H,40,41,46)/t26-,28+,33-/m0/s1. The minimum Gasteiger partial charge on any atom is -0.384 e. The van der Waals surface area contributed by atoms with Gasteiger partial charge in [-0.05, 0) is 62.9 Å². The number of fused-ring (bicyclic) bond motifs is 2. The van der Waals surface area contributed by atoms with Gasteiger partial charge >= 0.3 is 6.18 Å². The number of hydrogen-bond acceptors (Lipinski definition) is 8. The number of ether oxygens (including phenoxy) is 2. The van der Waals surface area contributed by atoms with Crippen molar-refractivity contribution in [3.63, 3.8) is 0 Å². The molecule has 14 heteroatoms. The fourth-order valence-electron chi connectivity index (χ4n) is 6.86. The van der Waals surface area contributed by atoms with E-state index in [4.69, 9.17) is 9.47 Å². The summed E-state index contributed by atoms with van der Waals surface area (Å²) in [6, 6.07) is 4.60. The van der Waals surface area contributed by atoms with E-state index in [1.54, 1.807) is 51.2 Å². The largest absolute Gasteiger partial charge is 0.433 e. The summed E-state index contributed by atoms with van der Waals surface area (Å²) in [7, 11) is 3.10. The molecule has 0 spiro atoms. The number of alkyl halides is 3. The van der Waals surface area contributed by atoms with Gasteiger partial charge in [0.1, 0.15) is 29.9 Å². The second kappa shape index (κ2) is 12.4. The number of piperidine rings is 1. The van der Waals surface area contributed by atoms with Crippen LogP contribution in [-0.4, -0.2) is 74.9 Å². The van der Waals surface area contributed by atoms with Gasteiger partial charge < -0.3 is 24.3 Å². The summed E-state index contributed by atoms with van der Waals surface area (Å²) in [5.41, 5.74) is 2.07. The smallest absolute Gasteiger partial charge is 0.384 e. The highest BCUT2D eigenvalue weighted by Gasteiger charge is 2.67. The van der Waals surface area contributed by atoms with Crippen molar-refractivity contribution < 1.29 is 37.0 Å². The molecule has 4 aromatic rings. The van der Waals surface area contributed by atoms with Gasteiger partial charge in [-0.3, -0.25) is 14.4 Å². The second-order valence-electron chi connectivity index (χ2n) is 12.6. The number of nitrogens with one attached hydrogen (secondary N) is 1. The van der Waals surface area contributed by atoms with Crippen LogP contribution >= 0.6 is 0 Å². The van der Waals surface area contributed by atoms with E-state index in [0.717, 1.165) is 22.8 Å². The predicted octanol–water partition coefficient (Wildman–Crippen LogP) is 5.12. The average molecular weight is 665 g/mol. The fourth-order valence-corrected chi connectivity index (χ4v) is 6.86. The number of nitrogens with zero attached hydrogens (tertiary/aromatic N) is 5. The molecule has 48 heavy (non-hydrogen) atoms. The van der Waals surface area contributed by atoms with E-state index in [9.17, 15) is 27.6 Å². The van der Waals surface area contributed by atoms with Crippen LogP contribution < -0.4 is 5.32 Å². The summed E-state index contributed by atoms with van der Waals surface area (Å²) in [5.74, 6) is -0.810. The Kier molecular flexibility index (Phi) is 8.58. The number of likely N-dealkylation sites (tertiary alicyclic amines) is 1. The van der Waals surface area contributed by atoms with E-state index >= 15 is 0 Å². The van der Waals surface area contributed by atoms with Crippen LogP contribution in [0.2, 0.25) is 0 Å². The molecule has 1 saturated heterocycles. The number of aromatic nitrogens is 4. The summed E-state index contributed by atoms with van der Waals surface area (Å²) in [6.07, 6.45) is 1.25. The van der Waals surface area contributed by atoms with Crippen LogP contribution in [0.4, 0.5) is 19.0 Å². The van der Waals surface area contributed by atoms with Crippen molar-refractivity contribution in [1.82, 2.24) is 24.4 Å². The second-order valence-corrected chi connectivity index (χ2v) is 12.6. The lowest BCUT2D eigenvalue weighted by Gasteiger charge is -2.27. The quantitative estimate of drug-likeness (QED) is 0.232. The number of hydrogen-bond donors (Lipinski definition) is 1. The van der Waals surface area contributed by atoms with E-state index in [2.05, 4.69) is 20.3 Å². The van der Waals surface area contributed by atoms with Gasteiger partial charge in [0, 0.05) is 66.3 Å². The first-order chi connectivity index (χ1) is 22.8. The van der Waals surface area contributed by atoms with E-state index in [1.807, 2.05) is 12.1 Å². The van der Waals surface area contributed by atoms with Gasteiger partial charge in [-0.1, -0.05) is 6.07 Å². The molecule has 252 valence electrons. The van der Waals surface area contributed by atoms with Gasteiger partial charge in [-0.15, -0.1) is 0 Å². The number of Topliss-reactive ketones (excluding diaryl/α,β-unsaturated/α-hetero) is 1. The zero-order valence-electron chi connectivity index (χ0n) is 27.1. The number of carbonyl (C=O) groups excluding carboxylic acids is 3. The third-order valence-electron chi connectivity index (χ3n) is 9.22. The Morgan fingerprint density at radius 3 is 2.42 bits per heavy atom. The van der Waals surface area contributed by atoms with Crippen molar-refractivity contribution in [2.75, 3.05) is 26.1 Å². The summed E-state index contributed by atoms with van der Waals surface area (Å²) in [5, 5.41) is 3.18. The molecule has 1 aliphatic heterocycles. The first-order valence-electron chi connectivity index (χ1n) is 15.4. The van der Waals surface area contributed by atoms with Gasteiger partial charge in [0.05, 0.1) is 18.7 Å². The molecule has 1 aromatic carbocycles. The molecule has 3 aromatic heterocycles. The maximum atomic E-state index is 14.2. The minimum absolute atomic E-state index is 0.185. The lowest BCUT2D eigenvalue weighted by atomic mass is 10.00. The van der Waals surface area contributed by atoms with Gasteiger partial charge in [-0.2, -0.15) is 13.2 Å². The summed E-state index contributed by atoms with van der Waals surface area (Å²) >= 11 is 0. The molecule has 2 amide bonds. The molecule has 2 fully saturated rings. The number of benzene rings is 1. The van der Waals surface area contributed by atoms with Crippen LogP contribution in [0.5, 0.6) is 0 Å². The Morgan fingerprint density at radius 1 is 1.04 bits per heavy atom. The van der Waals surface area contributed by atoms with Crippen LogP contribution in [0.25, 0.3) is 22.0 Å². The van der Waals surface area contributed by atoms with Crippen molar-refractivity contribution in [2.45, 2.75) is 65.0 Å².